The number of para-hydroxylation sites is 1. The van der Waals surface area contributed by atoms with E-state index in [1.54, 1.807) is 113 Å². The lowest BCUT2D eigenvalue weighted by Gasteiger charge is -2.15. The van der Waals surface area contributed by atoms with Crippen LogP contribution in [0.1, 0.15) is 39.8 Å². The van der Waals surface area contributed by atoms with Crippen molar-refractivity contribution in [1.82, 2.24) is 106 Å². The Bertz CT molecular complexity index is 7520. The second-order valence-corrected chi connectivity index (χ2v) is 35.2. The zero-order chi connectivity index (χ0) is 88.3. The maximum atomic E-state index is 11.8. The molecule has 6 aliphatic heterocycles. The summed E-state index contributed by atoms with van der Waals surface area (Å²) in [4.78, 5) is 98.9. The summed E-state index contributed by atoms with van der Waals surface area (Å²) in [5, 5.41) is 29.0. The second-order valence-electron chi connectivity index (χ2n) is 28.3. The molecule has 2 aliphatic carbocycles. The smallest absolute Gasteiger partial charge is 0.258 e. The predicted molar refractivity (Wildman–Crippen MR) is 480 cm³/mol. The Morgan fingerprint density at radius 1 is 0.307 bits per heavy atom. The van der Waals surface area contributed by atoms with Gasteiger partial charge >= 0.3 is 0 Å². The molecule has 6 unspecified atom stereocenters. The molecule has 0 bridgehead atoms. The van der Waals surface area contributed by atoms with E-state index in [-0.39, 0.29) is 44.8 Å². The van der Waals surface area contributed by atoms with E-state index in [1.807, 2.05) is 91.3 Å². The molecule has 127 heavy (non-hydrogen) atoms. The van der Waals surface area contributed by atoms with Gasteiger partial charge in [-0.2, -0.15) is 30.6 Å². The Morgan fingerprint density at radius 2 is 0.701 bits per heavy atom. The zero-order valence-corrected chi connectivity index (χ0v) is 70.9. The Morgan fingerprint density at radius 3 is 1.17 bits per heavy atom. The average Bonchev–Trinajstić information content (AvgIpc) is 1.68. The largest absolute Gasteiger partial charge is 0.319 e. The van der Waals surface area contributed by atoms with Crippen LogP contribution in [-0.4, -0.2) is 138 Å². The fraction of sp³-hybridized carbons (Fsp3) is 0.0588. The van der Waals surface area contributed by atoms with E-state index in [0.717, 1.165) is 85.6 Å². The van der Waals surface area contributed by atoms with Gasteiger partial charge in [-0.1, -0.05) is 103 Å². The number of fused-ring (bicyclic) bond motifs is 4. The molecule has 0 radical (unpaired) electrons. The van der Waals surface area contributed by atoms with Crippen LogP contribution in [0, 0.1) is 0 Å². The molecular weight excluding hydrogens is 1750 g/mol. The molecule has 42 heteroatoms. The average molecular weight is 1810 g/mol. The van der Waals surface area contributed by atoms with Crippen LogP contribution in [0.3, 0.4) is 0 Å². The van der Waals surface area contributed by atoms with Crippen molar-refractivity contribution < 1.29 is 54.0 Å². The number of amides is 6. The SMILES string of the molecule is Cn1cc(-c2cnn(C3=CC(=O)NS3=O)c2)ccc1=O.Cn1ccc(-c2cnn(C3=CC(=O)NS3=O)c2)cc1=O.O=C1C=C(n2cc(-c3ccc4cccnc4c3)cn2)S(=O)N1.O=C1C=C(n2cc(-c3cccc4cccnc34)cn2)S(=O)N1.O=C1C=C(n2cc(C3=Cc4ccccc4C3)cn2)S(=O)N1.O=C1C=C(n2cc(C3=Cc4ccccc4CC3)cn2)S(=O)N1. The van der Waals surface area contributed by atoms with Gasteiger partial charge < -0.3 is 9.13 Å². The molecule has 634 valence electrons. The van der Waals surface area contributed by atoms with Gasteiger partial charge in [-0.25, -0.2) is 53.3 Å². The number of allylic oxidation sites excluding steroid dienone is 2. The molecule has 4 aromatic carbocycles. The van der Waals surface area contributed by atoms with Crippen molar-refractivity contribution in [2.75, 3.05) is 0 Å². The number of pyridine rings is 4. The van der Waals surface area contributed by atoms with Crippen LogP contribution in [0.4, 0.5) is 0 Å². The zero-order valence-electron chi connectivity index (χ0n) is 66.0. The van der Waals surface area contributed by atoms with Gasteiger partial charge in [0.2, 0.25) is 5.56 Å². The van der Waals surface area contributed by atoms with E-state index in [1.165, 1.54) is 119 Å². The van der Waals surface area contributed by atoms with Crippen LogP contribution in [0.2, 0.25) is 0 Å². The number of hydrogen-bond donors (Lipinski definition) is 6. The van der Waals surface area contributed by atoms with Crippen LogP contribution >= 0.6 is 0 Å². The lowest BCUT2D eigenvalue weighted by Crippen LogP contribution is -2.17. The third kappa shape index (κ3) is 18.6. The van der Waals surface area contributed by atoms with Gasteiger partial charge in [-0.3, -0.25) is 76.7 Å². The molecule has 6 atom stereocenters. The Balaban J connectivity index is 0.000000107. The second kappa shape index (κ2) is 36.1. The first kappa shape index (κ1) is 83.7. The summed E-state index contributed by atoms with van der Waals surface area (Å²) in [6, 6.07) is 42.6. The Labute approximate surface area is 732 Å². The molecule has 0 saturated carbocycles. The topological polar surface area (TPSA) is 454 Å². The van der Waals surface area contributed by atoms with E-state index in [2.05, 4.69) is 111 Å². The van der Waals surface area contributed by atoms with Crippen LogP contribution in [-0.2, 0) is 122 Å². The normalized spacial score (nSPS) is 18.5. The third-order valence-electron chi connectivity index (χ3n) is 20.0. The molecule has 0 saturated heterocycles. The minimum atomic E-state index is -1.60. The molecule has 22 rings (SSSR count). The Kier molecular flexibility index (Phi) is 23.8. The number of carbonyl (C=O) groups is 6. The van der Waals surface area contributed by atoms with Gasteiger partial charge in [0.1, 0.15) is 0 Å². The first-order valence-electron chi connectivity index (χ1n) is 38.0. The Hall–Kier alpha value is -15.5. The summed E-state index contributed by atoms with van der Waals surface area (Å²) >= 11 is 0. The van der Waals surface area contributed by atoms with E-state index in [4.69, 9.17) is 0 Å². The van der Waals surface area contributed by atoms with Crippen molar-refractivity contribution in [2.24, 2.45) is 14.1 Å². The predicted octanol–water partition coefficient (Wildman–Crippen LogP) is 6.60. The number of rotatable bonds is 12. The molecule has 10 aromatic heterocycles. The lowest BCUT2D eigenvalue weighted by molar-refractivity contribution is -0.115. The highest BCUT2D eigenvalue weighted by Gasteiger charge is 2.29. The maximum Gasteiger partial charge on any atom is 0.258 e. The van der Waals surface area contributed by atoms with Gasteiger partial charge in [-0.05, 0) is 94.1 Å². The minimum absolute atomic E-state index is 0.101. The van der Waals surface area contributed by atoms with Gasteiger partial charge in [-0.15, -0.1) is 0 Å². The van der Waals surface area contributed by atoms with Crippen molar-refractivity contribution in [2.45, 2.75) is 19.3 Å². The molecular formula is C85H64N22O14S6. The minimum Gasteiger partial charge on any atom is -0.319 e. The third-order valence-corrected chi connectivity index (χ3v) is 26.4. The number of aromatic nitrogens is 16. The van der Waals surface area contributed by atoms with Gasteiger partial charge in [0.15, 0.2) is 96.1 Å². The fourth-order valence-electron chi connectivity index (χ4n) is 13.7. The van der Waals surface area contributed by atoms with Crippen molar-refractivity contribution >= 4 is 177 Å². The highest BCUT2D eigenvalue weighted by molar-refractivity contribution is 7.95. The number of nitrogens with zero attached hydrogens (tertiary/aromatic N) is 16. The highest BCUT2D eigenvalue weighted by Crippen LogP contribution is 2.35. The standard InChI is InChI=1S/C16H13N3O2S.2C15H10N4O2S.C15H11N3O2S.2C12H10N4O3S/c20-15-8-16(22(21)18-15)19-10-14(9-17-19)13-6-5-11-3-1-2-4-12(11)7-13;20-13-7-14(22(21)18-13)19-9-11(8-17-19)12-5-1-3-10-4-2-6-16-15(10)12;20-14-7-15(22(21)18-14)19-9-12(8-17-19)11-4-3-10-2-1-5-16-13(10)6-11;19-14-7-15(21(20)17-14)18-9-13(8-16-18)12-5-10-3-1-2-4-11(10)6-12;1-15-6-8(2-3-11(15)18)9-5-13-16(7-9)12-4-10(17)14-20(12)19;1-15-3-2-8(4-11(15)18)9-6-13-16(7-9)12-5-10(17)14-20(12)19/h1-4,7-10H,5-6H2,(H,18,20);2*1-9H,(H,18,20);1-5,7-9H,6H2,(H,17,19);2*2-7H,1H3,(H,14,17). The quantitative estimate of drug-likeness (QED) is 0.0750. The number of nitrogens with one attached hydrogen (secondary N) is 6. The van der Waals surface area contributed by atoms with Gasteiger partial charge in [0.25, 0.3) is 41.0 Å². The van der Waals surface area contributed by atoms with Crippen molar-refractivity contribution in [1.29, 1.82) is 0 Å². The molecule has 16 heterocycles. The first-order chi connectivity index (χ1) is 61.4. The maximum absolute atomic E-state index is 11.8. The monoisotopic (exact) mass is 1810 g/mol. The molecule has 0 fully saturated rings. The van der Waals surface area contributed by atoms with Crippen LogP contribution in [0.15, 0.2) is 279 Å². The van der Waals surface area contributed by atoms with Crippen LogP contribution in [0.25, 0.3) is 120 Å². The van der Waals surface area contributed by atoms with Crippen molar-refractivity contribution in [3.63, 3.8) is 0 Å². The molecule has 6 amide bonds. The number of hydrogen-bond acceptors (Lipinski definition) is 22. The summed E-state index contributed by atoms with van der Waals surface area (Å²) in [6.07, 6.45) is 42.0. The first-order valence-corrected chi connectivity index (χ1v) is 44.9. The van der Waals surface area contributed by atoms with Gasteiger partial charge in [0, 0.05) is 180 Å². The molecule has 6 N–H and O–H groups in total. The van der Waals surface area contributed by atoms with E-state index in [9.17, 15) is 63.6 Å². The molecule has 8 aliphatic rings. The van der Waals surface area contributed by atoms with E-state index >= 15 is 0 Å². The fourth-order valence-corrected chi connectivity index (χ4v) is 18.7. The van der Waals surface area contributed by atoms with E-state index < -0.39 is 77.7 Å². The summed E-state index contributed by atoms with van der Waals surface area (Å²) in [7, 11) is -6.03. The van der Waals surface area contributed by atoms with Crippen LogP contribution < -0.4 is 39.5 Å². The van der Waals surface area contributed by atoms with Crippen molar-refractivity contribution in [3.05, 3.63) is 323 Å². The summed E-state index contributed by atoms with van der Waals surface area (Å²) in [5.74, 6) is -2.27. The molecule has 36 nitrogen and oxygen atoms in total. The molecule has 0 spiro atoms. The summed E-state index contributed by atoms with van der Waals surface area (Å²) in [5.41, 5.74) is 17.6. The highest BCUT2D eigenvalue weighted by atomic mass is 32.2. The van der Waals surface area contributed by atoms with E-state index in [0.29, 0.717) is 31.2 Å². The summed E-state index contributed by atoms with van der Waals surface area (Å²) < 4.78 is 95.7. The van der Waals surface area contributed by atoms with Crippen LogP contribution in [0.5, 0.6) is 0 Å². The van der Waals surface area contributed by atoms with Gasteiger partial charge in [0.05, 0.1) is 48.2 Å². The molecule has 14 aromatic rings. The number of carbonyl (C=O) groups excluding carboxylic acids is 6. The summed E-state index contributed by atoms with van der Waals surface area (Å²) in [6.45, 7) is 0. The number of aryl methyl sites for hydroxylation is 3. The lowest BCUT2D eigenvalue weighted by atomic mass is 9.90. The number of benzene rings is 4. The van der Waals surface area contributed by atoms with Crippen molar-refractivity contribution in [3.8, 4) is 44.5 Å².